The van der Waals surface area contributed by atoms with E-state index in [4.69, 9.17) is 10.8 Å². The smallest absolute Gasteiger partial charge is 0.341 e. The first kappa shape index (κ1) is 8.55. The van der Waals surface area contributed by atoms with Crippen molar-refractivity contribution in [2.75, 3.05) is 5.32 Å². The van der Waals surface area contributed by atoms with Crippen LogP contribution in [-0.2, 0) is 4.79 Å². The Bertz CT molecular complexity index is 261. The van der Waals surface area contributed by atoms with Gasteiger partial charge in [0, 0.05) is 5.69 Å². The van der Waals surface area contributed by atoms with Gasteiger partial charge < -0.3 is 16.2 Å². The summed E-state index contributed by atoms with van der Waals surface area (Å²) in [6.07, 6.45) is -1.05. The molecule has 4 nitrogen and oxygen atoms in total. The van der Waals surface area contributed by atoms with E-state index in [-0.39, 0.29) is 0 Å². The lowest BCUT2D eigenvalue weighted by molar-refractivity contribution is -0.137. The molecule has 1 unspecified atom stereocenters. The van der Waals surface area contributed by atoms with Gasteiger partial charge in [0.25, 0.3) is 0 Å². The number of hydrogen-bond donors (Lipinski definition) is 3. The summed E-state index contributed by atoms with van der Waals surface area (Å²) >= 11 is 0. The summed E-state index contributed by atoms with van der Waals surface area (Å²) < 4.78 is 0. The van der Waals surface area contributed by atoms with E-state index in [2.05, 4.69) is 5.32 Å². The van der Waals surface area contributed by atoms with Crippen LogP contribution in [0.5, 0.6) is 0 Å². The van der Waals surface area contributed by atoms with Crippen LogP contribution in [0.2, 0.25) is 0 Å². The molecule has 0 bridgehead atoms. The molecule has 4 heteroatoms. The fourth-order valence-electron chi connectivity index (χ4n) is 0.776. The standard InChI is InChI=1S/C8H10N2O2/c9-7(8(11)12)10-6-4-2-1-3-5-6/h1-5,7,10H,9H2,(H,11,12). The van der Waals surface area contributed by atoms with E-state index in [1.807, 2.05) is 6.07 Å². The molecule has 1 aromatic rings. The van der Waals surface area contributed by atoms with Crippen molar-refractivity contribution in [3.05, 3.63) is 30.3 Å². The van der Waals surface area contributed by atoms with Gasteiger partial charge in [0.1, 0.15) is 0 Å². The molecule has 4 N–H and O–H groups in total. The Morgan fingerprint density at radius 3 is 2.50 bits per heavy atom. The van der Waals surface area contributed by atoms with Gasteiger partial charge in [0.05, 0.1) is 0 Å². The molecule has 0 aliphatic rings. The maximum atomic E-state index is 10.3. The number of carboxylic acids is 1. The average Bonchev–Trinajstić information content (AvgIpc) is 2.06. The van der Waals surface area contributed by atoms with Gasteiger partial charge >= 0.3 is 5.97 Å². The Balaban J connectivity index is 2.58. The molecule has 0 aliphatic carbocycles. The highest BCUT2D eigenvalue weighted by Gasteiger charge is 2.09. The summed E-state index contributed by atoms with van der Waals surface area (Å²) in [7, 11) is 0. The van der Waals surface area contributed by atoms with Crippen molar-refractivity contribution in [1.82, 2.24) is 0 Å². The molecule has 0 saturated heterocycles. The van der Waals surface area contributed by atoms with Crippen LogP contribution in [0.15, 0.2) is 30.3 Å². The van der Waals surface area contributed by atoms with Crippen molar-refractivity contribution in [3.63, 3.8) is 0 Å². The van der Waals surface area contributed by atoms with E-state index in [1.54, 1.807) is 24.3 Å². The third kappa shape index (κ3) is 2.25. The van der Waals surface area contributed by atoms with Gasteiger partial charge in [-0.1, -0.05) is 18.2 Å². The second kappa shape index (κ2) is 3.73. The van der Waals surface area contributed by atoms with Crippen LogP contribution >= 0.6 is 0 Å². The molecule has 0 spiro atoms. The van der Waals surface area contributed by atoms with Crippen LogP contribution in [-0.4, -0.2) is 17.2 Å². The zero-order valence-corrected chi connectivity index (χ0v) is 6.40. The summed E-state index contributed by atoms with van der Waals surface area (Å²) in [6, 6.07) is 8.96. The lowest BCUT2D eigenvalue weighted by Gasteiger charge is -2.09. The minimum atomic E-state index is -1.07. The molecule has 12 heavy (non-hydrogen) atoms. The van der Waals surface area contributed by atoms with Crippen LogP contribution in [0, 0.1) is 0 Å². The lowest BCUT2D eigenvalue weighted by Crippen LogP contribution is -2.37. The molecule has 0 saturated carbocycles. The van der Waals surface area contributed by atoms with Crippen LogP contribution in [0.3, 0.4) is 0 Å². The quantitative estimate of drug-likeness (QED) is 0.570. The van der Waals surface area contributed by atoms with Gasteiger partial charge in [-0.05, 0) is 12.1 Å². The second-order valence-electron chi connectivity index (χ2n) is 2.33. The van der Waals surface area contributed by atoms with Crippen LogP contribution in [0.25, 0.3) is 0 Å². The molecule has 0 amide bonds. The topological polar surface area (TPSA) is 75.3 Å². The SMILES string of the molecule is NC(Nc1ccccc1)C(=O)O. The van der Waals surface area contributed by atoms with Gasteiger partial charge in [-0.3, -0.25) is 0 Å². The van der Waals surface area contributed by atoms with Crippen molar-refractivity contribution in [2.45, 2.75) is 6.17 Å². The van der Waals surface area contributed by atoms with Crippen molar-refractivity contribution < 1.29 is 9.90 Å². The fraction of sp³-hybridized carbons (Fsp3) is 0.125. The average molecular weight is 166 g/mol. The number of aliphatic carboxylic acids is 1. The van der Waals surface area contributed by atoms with Crippen LogP contribution in [0.4, 0.5) is 5.69 Å². The number of nitrogens with two attached hydrogens (primary N) is 1. The predicted octanol–water partition coefficient (Wildman–Crippen LogP) is 0.468. The predicted molar refractivity (Wildman–Crippen MR) is 45.7 cm³/mol. The summed E-state index contributed by atoms with van der Waals surface area (Å²) in [6.45, 7) is 0. The molecule has 1 rings (SSSR count). The Labute approximate surface area is 70.0 Å². The van der Waals surface area contributed by atoms with E-state index in [0.717, 1.165) is 0 Å². The normalized spacial score (nSPS) is 12.1. The summed E-state index contributed by atoms with van der Waals surface area (Å²) in [5.41, 5.74) is 5.94. The zero-order chi connectivity index (χ0) is 8.97. The van der Waals surface area contributed by atoms with E-state index in [9.17, 15) is 4.79 Å². The number of para-hydroxylation sites is 1. The molecule has 1 atom stereocenters. The lowest BCUT2D eigenvalue weighted by atomic mass is 10.3. The number of carbonyl (C=O) groups is 1. The highest BCUT2D eigenvalue weighted by Crippen LogP contribution is 2.04. The maximum absolute atomic E-state index is 10.3. The minimum absolute atomic E-state index is 0.701. The molecule has 0 aliphatic heterocycles. The van der Waals surface area contributed by atoms with Gasteiger partial charge in [-0.15, -0.1) is 0 Å². The van der Waals surface area contributed by atoms with Crippen molar-refractivity contribution in [1.29, 1.82) is 0 Å². The molecule has 0 aromatic heterocycles. The molecular weight excluding hydrogens is 156 g/mol. The van der Waals surface area contributed by atoms with Gasteiger partial charge in [-0.25, -0.2) is 4.79 Å². The van der Waals surface area contributed by atoms with Crippen molar-refractivity contribution in [3.8, 4) is 0 Å². The minimum Gasteiger partial charge on any atom is -0.479 e. The Hall–Kier alpha value is -1.55. The zero-order valence-electron chi connectivity index (χ0n) is 6.40. The highest BCUT2D eigenvalue weighted by molar-refractivity contribution is 5.76. The van der Waals surface area contributed by atoms with E-state index < -0.39 is 12.1 Å². The number of carboxylic acid groups (broad SMARTS) is 1. The van der Waals surface area contributed by atoms with E-state index >= 15 is 0 Å². The number of benzene rings is 1. The van der Waals surface area contributed by atoms with E-state index in [1.165, 1.54) is 0 Å². The Morgan fingerprint density at radius 2 is 2.00 bits per heavy atom. The molecule has 64 valence electrons. The van der Waals surface area contributed by atoms with Crippen molar-refractivity contribution >= 4 is 11.7 Å². The second-order valence-corrected chi connectivity index (χ2v) is 2.33. The number of anilines is 1. The van der Waals surface area contributed by atoms with Gasteiger partial charge in [-0.2, -0.15) is 0 Å². The summed E-state index contributed by atoms with van der Waals surface area (Å²) in [4.78, 5) is 10.3. The molecular formula is C8H10N2O2. The fourth-order valence-corrected chi connectivity index (χ4v) is 0.776. The number of nitrogens with one attached hydrogen (secondary N) is 1. The first-order chi connectivity index (χ1) is 5.70. The van der Waals surface area contributed by atoms with Crippen LogP contribution < -0.4 is 11.1 Å². The third-order valence-corrected chi connectivity index (χ3v) is 1.36. The number of hydrogen-bond acceptors (Lipinski definition) is 3. The van der Waals surface area contributed by atoms with Gasteiger partial charge in [0.15, 0.2) is 6.17 Å². The molecule has 0 heterocycles. The van der Waals surface area contributed by atoms with Gasteiger partial charge in [0.2, 0.25) is 0 Å². The molecule has 1 aromatic carbocycles. The molecule has 0 radical (unpaired) electrons. The summed E-state index contributed by atoms with van der Waals surface area (Å²) in [5, 5.41) is 11.1. The summed E-state index contributed by atoms with van der Waals surface area (Å²) in [5.74, 6) is -1.07. The first-order valence-corrected chi connectivity index (χ1v) is 3.50. The molecule has 0 fully saturated rings. The highest BCUT2D eigenvalue weighted by atomic mass is 16.4. The Morgan fingerprint density at radius 1 is 1.42 bits per heavy atom. The first-order valence-electron chi connectivity index (χ1n) is 3.50. The maximum Gasteiger partial charge on any atom is 0.341 e. The largest absolute Gasteiger partial charge is 0.479 e. The monoisotopic (exact) mass is 166 g/mol. The number of rotatable bonds is 3. The van der Waals surface area contributed by atoms with E-state index in [0.29, 0.717) is 5.69 Å². The van der Waals surface area contributed by atoms with Crippen LogP contribution in [0.1, 0.15) is 0 Å². The Kier molecular flexibility index (Phi) is 2.66. The van der Waals surface area contributed by atoms with Crippen molar-refractivity contribution in [2.24, 2.45) is 5.73 Å². The third-order valence-electron chi connectivity index (χ3n) is 1.36.